The fourth-order valence-corrected chi connectivity index (χ4v) is 3.00. The van der Waals surface area contributed by atoms with E-state index in [0.29, 0.717) is 6.42 Å². The van der Waals surface area contributed by atoms with Crippen LogP contribution >= 0.6 is 0 Å². The lowest BCUT2D eigenvalue weighted by Crippen LogP contribution is -2.30. The molecule has 0 saturated carbocycles. The van der Waals surface area contributed by atoms with Gasteiger partial charge < -0.3 is 15.2 Å². The molecule has 3 heteroatoms. The van der Waals surface area contributed by atoms with E-state index in [2.05, 4.69) is 29.6 Å². The molecule has 0 amide bonds. The van der Waals surface area contributed by atoms with Crippen LogP contribution in [0.4, 0.5) is 5.69 Å². The molecule has 102 valence electrons. The Labute approximate surface area is 117 Å². The van der Waals surface area contributed by atoms with E-state index in [-0.39, 0.29) is 6.23 Å². The highest BCUT2D eigenvalue weighted by Gasteiger charge is 2.29. The van der Waals surface area contributed by atoms with Gasteiger partial charge in [0.05, 0.1) is 11.8 Å². The summed E-state index contributed by atoms with van der Waals surface area (Å²) in [6.07, 6.45) is 12.5. The summed E-state index contributed by atoms with van der Waals surface area (Å²) in [5.41, 5.74) is 1.91. The van der Waals surface area contributed by atoms with Crippen LogP contribution in [0, 0.1) is 0 Å². The minimum Gasteiger partial charge on any atom is -0.465 e. The Morgan fingerprint density at radius 2 is 1.95 bits per heavy atom. The molecule has 0 spiro atoms. The summed E-state index contributed by atoms with van der Waals surface area (Å²) in [4.78, 5) is 0. The fraction of sp³-hybridized carbons (Fsp3) is 0.294. The number of hydrogen-bond donors (Lipinski definition) is 2. The minimum atomic E-state index is -0.459. The van der Waals surface area contributed by atoms with Crippen LogP contribution < -0.4 is 20.5 Å². The third-order valence-electron chi connectivity index (χ3n) is 4.08. The average Bonchev–Trinajstić information content (AvgIpc) is 2.87. The zero-order valence-electron chi connectivity index (χ0n) is 11.2. The van der Waals surface area contributed by atoms with Crippen LogP contribution in [0.3, 0.4) is 0 Å². The topological polar surface area (TPSA) is 41.5 Å². The molecule has 0 radical (unpaired) electrons. The van der Waals surface area contributed by atoms with Crippen molar-refractivity contribution < 1.29 is 9.84 Å². The maximum Gasteiger partial charge on any atom is 0.195 e. The van der Waals surface area contributed by atoms with Crippen molar-refractivity contribution in [2.45, 2.75) is 31.6 Å². The quantitative estimate of drug-likeness (QED) is 0.808. The second kappa shape index (κ2) is 4.53. The molecule has 1 aromatic carbocycles. The lowest BCUT2D eigenvalue weighted by atomic mass is 10.0. The Balaban J connectivity index is 1.71. The predicted molar refractivity (Wildman–Crippen MR) is 79.7 cm³/mol. The first-order valence-electron chi connectivity index (χ1n) is 7.13. The second-order valence-electron chi connectivity index (χ2n) is 5.45. The van der Waals surface area contributed by atoms with Crippen LogP contribution in [0.25, 0.3) is 12.2 Å². The van der Waals surface area contributed by atoms with Gasteiger partial charge in [0.1, 0.15) is 5.75 Å². The summed E-state index contributed by atoms with van der Waals surface area (Å²) in [7, 11) is 0. The van der Waals surface area contributed by atoms with Gasteiger partial charge in [-0.25, -0.2) is 0 Å². The van der Waals surface area contributed by atoms with Gasteiger partial charge in [-0.3, -0.25) is 0 Å². The van der Waals surface area contributed by atoms with Gasteiger partial charge in [0.25, 0.3) is 0 Å². The maximum absolute atomic E-state index is 10.1. The molecular formula is C17H17NO2. The molecular weight excluding hydrogens is 250 g/mol. The Morgan fingerprint density at radius 1 is 1.15 bits per heavy atom. The SMILES string of the molecule is OC1CC=CC=C1C1Nc2cc3c(cc2O1)=CCCC=3. The first-order chi connectivity index (χ1) is 9.81. The highest BCUT2D eigenvalue weighted by atomic mass is 16.5. The normalized spacial score (nSPS) is 26.4. The Kier molecular flexibility index (Phi) is 2.67. The number of ether oxygens (including phenoxy) is 1. The van der Waals surface area contributed by atoms with Gasteiger partial charge in [-0.15, -0.1) is 0 Å². The van der Waals surface area contributed by atoms with E-state index >= 15 is 0 Å². The number of benzene rings is 1. The van der Waals surface area contributed by atoms with E-state index in [1.54, 1.807) is 0 Å². The number of anilines is 1. The minimum absolute atomic E-state index is 0.256. The Bertz CT molecular complexity index is 685. The molecule has 0 saturated heterocycles. The Hall–Kier alpha value is -2.00. The van der Waals surface area contributed by atoms with Crippen molar-refractivity contribution in [1.29, 1.82) is 0 Å². The summed E-state index contributed by atoms with van der Waals surface area (Å²) in [5, 5.41) is 15.9. The molecule has 20 heavy (non-hydrogen) atoms. The molecule has 2 aliphatic carbocycles. The summed E-state index contributed by atoms with van der Waals surface area (Å²) in [6, 6.07) is 4.24. The molecule has 3 nitrogen and oxygen atoms in total. The maximum atomic E-state index is 10.1. The molecule has 1 heterocycles. The zero-order chi connectivity index (χ0) is 13.5. The Morgan fingerprint density at radius 3 is 2.75 bits per heavy atom. The number of nitrogens with one attached hydrogen (secondary N) is 1. The van der Waals surface area contributed by atoms with Crippen LogP contribution in [0.5, 0.6) is 5.75 Å². The predicted octanol–water partition coefficient (Wildman–Crippen LogP) is 1.42. The largest absolute Gasteiger partial charge is 0.465 e. The highest BCUT2D eigenvalue weighted by molar-refractivity contribution is 5.63. The van der Waals surface area contributed by atoms with Crippen molar-refractivity contribution in [3.8, 4) is 5.75 Å². The van der Waals surface area contributed by atoms with E-state index in [1.165, 1.54) is 10.4 Å². The molecule has 4 rings (SSSR count). The monoisotopic (exact) mass is 267 g/mol. The van der Waals surface area contributed by atoms with Crippen LogP contribution in [0.1, 0.15) is 19.3 Å². The van der Waals surface area contributed by atoms with E-state index < -0.39 is 6.10 Å². The van der Waals surface area contributed by atoms with E-state index in [4.69, 9.17) is 4.74 Å². The van der Waals surface area contributed by atoms with Crippen molar-refractivity contribution in [3.63, 3.8) is 0 Å². The van der Waals surface area contributed by atoms with E-state index in [1.807, 2.05) is 18.2 Å². The third kappa shape index (κ3) is 1.86. The number of rotatable bonds is 1. The number of fused-ring (bicyclic) bond motifs is 2. The van der Waals surface area contributed by atoms with Gasteiger partial charge in [-0.1, -0.05) is 30.4 Å². The second-order valence-corrected chi connectivity index (χ2v) is 5.45. The highest BCUT2D eigenvalue weighted by Crippen LogP contribution is 2.33. The average molecular weight is 267 g/mol. The first kappa shape index (κ1) is 11.8. The first-order valence-corrected chi connectivity index (χ1v) is 7.13. The van der Waals surface area contributed by atoms with Gasteiger partial charge in [0.15, 0.2) is 6.23 Å². The molecule has 2 unspecified atom stereocenters. The molecule has 1 aromatic rings. The van der Waals surface area contributed by atoms with Crippen LogP contribution in [-0.4, -0.2) is 17.4 Å². The van der Waals surface area contributed by atoms with Gasteiger partial charge in [-0.05, 0) is 41.8 Å². The van der Waals surface area contributed by atoms with Gasteiger partial charge in [0, 0.05) is 5.57 Å². The van der Waals surface area contributed by atoms with Crippen LogP contribution in [-0.2, 0) is 0 Å². The smallest absolute Gasteiger partial charge is 0.195 e. The molecule has 2 atom stereocenters. The zero-order valence-corrected chi connectivity index (χ0v) is 11.2. The van der Waals surface area contributed by atoms with Crippen LogP contribution in [0.2, 0.25) is 0 Å². The molecule has 1 aliphatic heterocycles. The van der Waals surface area contributed by atoms with E-state index in [9.17, 15) is 5.11 Å². The van der Waals surface area contributed by atoms with Crippen molar-refractivity contribution in [2.24, 2.45) is 0 Å². The third-order valence-corrected chi connectivity index (χ3v) is 4.08. The summed E-state index contributed by atoms with van der Waals surface area (Å²) >= 11 is 0. The van der Waals surface area contributed by atoms with Crippen molar-refractivity contribution >= 4 is 17.8 Å². The van der Waals surface area contributed by atoms with Gasteiger partial charge >= 0.3 is 0 Å². The summed E-state index contributed by atoms with van der Waals surface area (Å²) in [5.74, 6) is 0.878. The van der Waals surface area contributed by atoms with Crippen molar-refractivity contribution in [3.05, 3.63) is 46.4 Å². The molecule has 0 bridgehead atoms. The molecule has 0 fully saturated rings. The van der Waals surface area contributed by atoms with E-state index in [0.717, 1.165) is 29.9 Å². The van der Waals surface area contributed by atoms with Gasteiger partial charge in [0.2, 0.25) is 0 Å². The lowest BCUT2D eigenvalue weighted by Gasteiger charge is -2.21. The number of aliphatic hydroxyl groups is 1. The van der Waals surface area contributed by atoms with Crippen molar-refractivity contribution in [1.82, 2.24) is 0 Å². The van der Waals surface area contributed by atoms with Gasteiger partial charge in [-0.2, -0.15) is 0 Å². The summed E-state index contributed by atoms with van der Waals surface area (Å²) < 4.78 is 5.98. The molecule has 3 aliphatic rings. The van der Waals surface area contributed by atoms with Crippen molar-refractivity contribution in [2.75, 3.05) is 5.32 Å². The lowest BCUT2D eigenvalue weighted by molar-refractivity contribution is 0.175. The number of allylic oxidation sites excluding steroid dienone is 2. The fourth-order valence-electron chi connectivity index (χ4n) is 3.00. The number of hydrogen-bond acceptors (Lipinski definition) is 3. The van der Waals surface area contributed by atoms with Crippen LogP contribution in [0.15, 0.2) is 35.9 Å². The molecule has 2 N–H and O–H groups in total. The standard InChI is InChI=1S/C17H17NO2/c19-15-8-4-3-7-13(15)17-18-14-9-11-5-1-2-6-12(11)10-16(14)20-17/h3-7,9-10,15,17-19H,1-2,8H2. The molecule has 0 aromatic heterocycles. The summed E-state index contributed by atoms with van der Waals surface area (Å²) in [6.45, 7) is 0. The number of aliphatic hydroxyl groups excluding tert-OH is 1.